The molecule has 0 heterocycles. The van der Waals surface area contributed by atoms with Crippen LogP contribution in [0, 0.1) is 0 Å². The van der Waals surface area contributed by atoms with Crippen molar-refractivity contribution in [2.75, 3.05) is 36.0 Å². The van der Waals surface area contributed by atoms with Crippen LogP contribution in [0.2, 0.25) is 0 Å². The minimum absolute atomic E-state index is 0.0781. The molecule has 0 aromatic heterocycles. The Labute approximate surface area is 183 Å². The highest BCUT2D eigenvalue weighted by atomic mass is 32.2. The summed E-state index contributed by atoms with van der Waals surface area (Å²) in [5.41, 5.74) is -0.578. The van der Waals surface area contributed by atoms with E-state index >= 15 is 0 Å². The van der Waals surface area contributed by atoms with Gasteiger partial charge >= 0.3 is 6.18 Å². The van der Waals surface area contributed by atoms with Crippen LogP contribution < -0.4 is 10.6 Å². The molecule has 2 N–H and O–H groups in total. The average Bonchev–Trinajstić information content (AvgIpc) is 2.72. The Hall–Kier alpha value is -2.78. The third-order valence-corrected chi connectivity index (χ3v) is 5.28. The number of nitrogens with zero attached hydrogens (tertiary/aromatic N) is 1. The maximum absolute atomic E-state index is 13.1. The summed E-state index contributed by atoms with van der Waals surface area (Å²) >= 11 is 1.53. The molecule has 0 aliphatic rings. The normalized spacial score (nSPS) is 11.3. The van der Waals surface area contributed by atoms with Gasteiger partial charge in [-0.3, -0.25) is 14.5 Å². The summed E-state index contributed by atoms with van der Waals surface area (Å²) in [6, 6.07) is 12.1. The Bertz CT molecular complexity index is 919. The van der Waals surface area contributed by atoms with Crippen molar-refractivity contribution in [3.8, 4) is 0 Å². The van der Waals surface area contributed by atoms with Gasteiger partial charge in [-0.2, -0.15) is 13.2 Å². The number of hydrogen-bond acceptors (Lipinski definition) is 4. The molecule has 0 radical (unpaired) electrons. The zero-order chi connectivity index (χ0) is 22.9. The second kappa shape index (κ2) is 11.6. The fourth-order valence-corrected chi connectivity index (χ4v) is 3.50. The minimum atomic E-state index is -4.58. The summed E-state index contributed by atoms with van der Waals surface area (Å²) in [5.74, 6) is -0.265. The van der Waals surface area contributed by atoms with Gasteiger partial charge in [-0.05, 0) is 30.8 Å². The van der Waals surface area contributed by atoms with E-state index in [1.807, 2.05) is 12.1 Å². The molecule has 0 unspecified atom stereocenters. The lowest BCUT2D eigenvalue weighted by atomic mass is 10.1. The Balaban J connectivity index is 1.98. The van der Waals surface area contributed by atoms with Crippen molar-refractivity contribution < 1.29 is 22.8 Å². The standard InChI is InChI=1S/C22H24F3N3O2S/c1-3-13-31-19-12-8-7-11-18(19)27-21(30)15-28(4-2)14-20(29)26-17-10-6-5-9-16(17)22(23,24)25/h3,5-12H,1,4,13-15H2,2H3,(H,26,29)(H,27,30). The molecule has 2 aromatic carbocycles. The van der Waals surface area contributed by atoms with Gasteiger partial charge in [-0.15, -0.1) is 18.3 Å². The first-order valence-corrected chi connectivity index (χ1v) is 10.5. The number of carbonyl (C=O) groups is 2. The molecule has 0 saturated carbocycles. The van der Waals surface area contributed by atoms with Crippen molar-refractivity contribution >= 4 is 35.0 Å². The lowest BCUT2D eigenvalue weighted by Gasteiger charge is -2.20. The van der Waals surface area contributed by atoms with Crippen LogP contribution >= 0.6 is 11.8 Å². The van der Waals surface area contributed by atoms with Crippen LogP contribution in [-0.4, -0.2) is 42.1 Å². The zero-order valence-corrected chi connectivity index (χ0v) is 17.9. The topological polar surface area (TPSA) is 61.4 Å². The van der Waals surface area contributed by atoms with Crippen molar-refractivity contribution in [1.29, 1.82) is 0 Å². The molecule has 2 amide bonds. The molecule has 0 aliphatic heterocycles. The van der Waals surface area contributed by atoms with Crippen LogP contribution in [0.5, 0.6) is 0 Å². The molecule has 0 fully saturated rings. The number of halogens is 3. The van der Waals surface area contributed by atoms with Gasteiger partial charge in [0.25, 0.3) is 0 Å². The number of para-hydroxylation sites is 2. The van der Waals surface area contributed by atoms with E-state index in [0.717, 1.165) is 11.0 Å². The molecule has 2 aromatic rings. The van der Waals surface area contributed by atoms with Crippen LogP contribution in [0.1, 0.15) is 12.5 Å². The third kappa shape index (κ3) is 7.76. The lowest BCUT2D eigenvalue weighted by molar-refractivity contribution is -0.137. The molecule has 0 bridgehead atoms. The van der Waals surface area contributed by atoms with E-state index in [9.17, 15) is 22.8 Å². The first-order chi connectivity index (χ1) is 14.7. The van der Waals surface area contributed by atoms with Gasteiger partial charge in [0.05, 0.1) is 30.0 Å². The summed E-state index contributed by atoms with van der Waals surface area (Å²) in [7, 11) is 0. The molecular weight excluding hydrogens is 427 g/mol. The van der Waals surface area contributed by atoms with Crippen molar-refractivity contribution in [3.63, 3.8) is 0 Å². The van der Waals surface area contributed by atoms with E-state index in [1.165, 1.54) is 30.0 Å². The maximum Gasteiger partial charge on any atom is 0.418 e. The predicted octanol–water partition coefficient (Wildman–Crippen LogP) is 4.88. The molecular formula is C22H24F3N3O2S. The highest BCUT2D eigenvalue weighted by Gasteiger charge is 2.33. The Morgan fingerprint density at radius 2 is 1.55 bits per heavy atom. The van der Waals surface area contributed by atoms with E-state index in [1.54, 1.807) is 30.0 Å². The zero-order valence-electron chi connectivity index (χ0n) is 17.0. The number of benzene rings is 2. The fraction of sp³-hybridized carbons (Fsp3) is 0.273. The quantitative estimate of drug-likeness (QED) is 0.399. The molecule has 9 heteroatoms. The number of anilines is 2. The predicted molar refractivity (Wildman–Crippen MR) is 118 cm³/mol. The summed E-state index contributed by atoms with van der Waals surface area (Å²) < 4.78 is 39.3. The van der Waals surface area contributed by atoms with Crippen LogP contribution in [-0.2, 0) is 15.8 Å². The number of nitrogens with one attached hydrogen (secondary N) is 2. The van der Waals surface area contributed by atoms with Gasteiger partial charge in [0.1, 0.15) is 0 Å². The smallest absolute Gasteiger partial charge is 0.324 e. The highest BCUT2D eigenvalue weighted by Crippen LogP contribution is 2.34. The second-order valence-electron chi connectivity index (χ2n) is 6.54. The molecule has 0 saturated heterocycles. The summed E-state index contributed by atoms with van der Waals surface area (Å²) in [4.78, 5) is 27.2. The monoisotopic (exact) mass is 451 g/mol. The van der Waals surface area contributed by atoms with Gasteiger partial charge in [0.2, 0.25) is 11.8 Å². The van der Waals surface area contributed by atoms with Gasteiger partial charge in [0.15, 0.2) is 0 Å². The number of likely N-dealkylation sites (N-methyl/N-ethyl adjacent to an activating group) is 1. The van der Waals surface area contributed by atoms with Crippen molar-refractivity contribution in [3.05, 3.63) is 66.7 Å². The third-order valence-electron chi connectivity index (χ3n) is 4.21. The Kier molecular flexibility index (Phi) is 9.14. The first kappa shape index (κ1) is 24.5. The number of hydrogen-bond donors (Lipinski definition) is 2. The largest absolute Gasteiger partial charge is 0.418 e. The summed E-state index contributed by atoms with van der Waals surface area (Å²) in [5, 5.41) is 5.11. The molecule has 0 spiro atoms. The molecule has 5 nitrogen and oxygen atoms in total. The molecule has 0 aliphatic carbocycles. The molecule has 2 rings (SSSR count). The van der Waals surface area contributed by atoms with Gasteiger partial charge < -0.3 is 10.6 Å². The van der Waals surface area contributed by atoms with Crippen LogP contribution in [0.3, 0.4) is 0 Å². The summed E-state index contributed by atoms with van der Waals surface area (Å²) in [6.45, 7) is 5.51. The van der Waals surface area contributed by atoms with Gasteiger partial charge in [0, 0.05) is 10.6 Å². The molecule has 31 heavy (non-hydrogen) atoms. The van der Waals surface area contributed by atoms with Crippen LogP contribution in [0.25, 0.3) is 0 Å². The van der Waals surface area contributed by atoms with Crippen LogP contribution in [0.15, 0.2) is 66.1 Å². The number of alkyl halides is 3. The molecule has 166 valence electrons. The minimum Gasteiger partial charge on any atom is -0.324 e. The van der Waals surface area contributed by atoms with E-state index in [2.05, 4.69) is 17.2 Å². The molecule has 0 atom stereocenters. The number of thioether (sulfide) groups is 1. The number of carbonyl (C=O) groups excluding carboxylic acids is 2. The number of amides is 2. The van der Waals surface area contributed by atoms with E-state index in [4.69, 9.17) is 0 Å². The van der Waals surface area contributed by atoms with E-state index < -0.39 is 17.6 Å². The van der Waals surface area contributed by atoms with Gasteiger partial charge in [-0.25, -0.2) is 0 Å². The maximum atomic E-state index is 13.1. The summed E-state index contributed by atoms with van der Waals surface area (Å²) in [6.07, 6.45) is -2.82. The number of rotatable bonds is 10. The Morgan fingerprint density at radius 1 is 1.00 bits per heavy atom. The lowest BCUT2D eigenvalue weighted by Crippen LogP contribution is -2.38. The SMILES string of the molecule is C=CCSc1ccccc1NC(=O)CN(CC)CC(=O)Nc1ccccc1C(F)(F)F. The Morgan fingerprint density at radius 3 is 2.13 bits per heavy atom. The van der Waals surface area contributed by atoms with Gasteiger partial charge in [-0.1, -0.05) is 37.3 Å². The first-order valence-electron chi connectivity index (χ1n) is 9.55. The second-order valence-corrected chi connectivity index (χ2v) is 7.60. The van der Waals surface area contributed by atoms with Crippen molar-refractivity contribution in [1.82, 2.24) is 4.90 Å². The average molecular weight is 452 g/mol. The van der Waals surface area contributed by atoms with Crippen LogP contribution in [0.4, 0.5) is 24.5 Å². The van der Waals surface area contributed by atoms with E-state index in [-0.39, 0.29) is 24.7 Å². The highest BCUT2D eigenvalue weighted by molar-refractivity contribution is 7.99. The van der Waals surface area contributed by atoms with E-state index in [0.29, 0.717) is 18.0 Å². The van der Waals surface area contributed by atoms with Crippen molar-refractivity contribution in [2.24, 2.45) is 0 Å². The van der Waals surface area contributed by atoms with Crippen molar-refractivity contribution in [2.45, 2.75) is 18.0 Å². The fourth-order valence-electron chi connectivity index (χ4n) is 2.75.